The van der Waals surface area contributed by atoms with Crippen molar-refractivity contribution >= 4 is 35.3 Å². The van der Waals surface area contributed by atoms with Crippen molar-refractivity contribution in [3.05, 3.63) is 58.1 Å². The fourth-order valence-electron chi connectivity index (χ4n) is 1.82. The summed E-state index contributed by atoms with van der Waals surface area (Å²) >= 11 is 11.8. The number of carbonyl (C=O) groups excluding carboxylic acids is 1. The van der Waals surface area contributed by atoms with Gasteiger partial charge < -0.3 is 9.47 Å². The number of benzene rings is 2. The maximum absolute atomic E-state index is 11.7. The monoisotopic (exact) mass is 366 g/mol. The highest BCUT2D eigenvalue weighted by molar-refractivity contribution is 6.35. The average molecular weight is 367 g/mol. The van der Waals surface area contributed by atoms with Gasteiger partial charge in [0.15, 0.2) is 6.61 Å². The lowest BCUT2D eigenvalue weighted by Crippen LogP contribution is -2.24. The molecule has 2 aromatic rings. The molecule has 0 spiro atoms. The van der Waals surface area contributed by atoms with E-state index in [1.54, 1.807) is 18.2 Å². The Labute approximate surface area is 150 Å². The van der Waals surface area contributed by atoms with E-state index in [1.807, 2.05) is 31.2 Å². The van der Waals surface area contributed by atoms with Gasteiger partial charge in [-0.3, -0.25) is 4.79 Å². The summed E-state index contributed by atoms with van der Waals surface area (Å²) < 4.78 is 10.8. The molecular formula is C17H16Cl2N2O3. The predicted octanol–water partition coefficient (Wildman–Crippen LogP) is 3.92. The molecule has 0 fully saturated rings. The summed E-state index contributed by atoms with van der Waals surface area (Å²) in [6.45, 7) is 2.23. The van der Waals surface area contributed by atoms with Gasteiger partial charge in [-0.15, -0.1) is 0 Å². The molecule has 24 heavy (non-hydrogen) atoms. The quantitative estimate of drug-likeness (QED) is 0.596. The molecular weight excluding hydrogens is 351 g/mol. The van der Waals surface area contributed by atoms with Gasteiger partial charge in [0.1, 0.15) is 11.5 Å². The molecule has 126 valence electrons. The van der Waals surface area contributed by atoms with Gasteiger partial charge in [0.2, 0.25) is 0 Å². The minimum Gasteiger partial charge on any atom is -0.493 e. The van der Waals surface area contributed by atoms with Crippen molar-refractivity contribution in [2.24, 2.45) is 5.10 Å². The van der Waals surface area contributed by atoms with Gasteiger partial charge in [-0.25, -0.2) is 5.43 Å². The van der Waals surface area contributed by atoms with E-state index < -0.39 is 5.91 Å². The Balaban J connectivity index is 1.87. The molecule has 1 amide bonds. The van der Waals surface area contributed by atoms with Crippen LogP contribution in [0.3, 0.4) is 0 Å². The van der Waals surface area contributed by atoms with Crippen LogP contribution in [0, 0.1) is 0 Å². The lowest BCUT2D eigenvalue weighted by atomic mass is 10.2. The first-order valence-corrected chi connectivity index (χ1v) is 7.97. The summed E-state index contributed by atoms with van der Waals surface area (Å²) in [4.78, 5) is 11.7. The zero-order valence-corrected chi connectivity index (χ0v) is 14.5. The highest BCUT2D eigenvalue weighted by Gasteiger charge is 2.06. The maximum Gasteiger partial charge on any atom is 0.277 e. The molecule has 0 unspecified atom stereocenters. The van der Waals surface area contributed by atoms with E-state index in [1.165, 1.54) is 6.21 Å². The van der Waals surface area contributed by atoms with Gasteiger partial charge >= 0.3 is 0 Å². The molecule has 0 aromatic heterocycles. The van der Waals surface area contributed by atoms with E-state index in [9.17, 15) is 4.79 Å². The first kappa shape index (κ1) is 18.1. The zero-order chi connectivity index (χ0) is 17.4. The van der Waals surface area contributed by atoms with Gasteiger partial charge in [-0.05, 0) is 37.3 Å². The number of hydrazone groups is 1. The Kier molecular flexibility index (Phi) is 6.90. The SMILES string of the molecule is CCOc1ccccc1C=NNC(=O)COc1ccc(Cl)cc1Cl. The van der Waals surface area contributed by atoms with Crippen LogP contribution < -0.4 is 14.9 Å². The fraction of sp³-hybridized carbons (Fsp3) is 0.176. The molecule has 7 heteroatoms. The lowest BCUT2D eigenvalue weighted by molar-refractivity contribution is -0.123. The molecule has 0 bridgehead atoms. The van der Waals surface area contributed by atoms with Crippen LogP contribution in [-0.4, -0.2) is 25.3 Å². The Morgan fingerprint density at radius 3 is 2.71 bits per heavy atom. The number of nitrogens with zero attached hydrogens (tertiary/aromatic N) is 1. The summed E-state index contributed by atoms with van der Waals surface area (Å²) in [5.74, 6) is 0.662. The van der Waals surface area contributed by atoms with Crippen LogP contribution in [0.25, 0.3) is 0 Å². The fourth-order valence-corrected chi connectivity index (χ4v) is 2.28. The van der Waals surface area contributed by atoms with Crippen molar-refractivity contribution in [3.8, 4) is 11.5 Å². The van der Waals surface area contributed by atoms with Gasteiger partial charge in [0, 0.05) is 10.6 Å². The van der Waals surface area contributed by atoms with E-state index in [-0.39, 0.29) is 6.61 Å². The number of nitrogens with one attached hydrogen (secondary N) is 1. The van der Waals surface area contributed by atoms with Crippen LogP contribution >= 0.6 is 23.2 Å². The van der Waals surface area contributed by atoms with E-state index in [0.29, 0.717) is 28.2 Å². The van der Waals surface area contributed by atoms with Crippen LogP contribution in [0.4, 0.5) is 0 Å². The van der Waals surface area contributed by atoms with E-state index in [0.717, 1.165) is 5.56 Å². The van der Waals surface area contributed by atoms with E-state index >= 15 is 0 Å². The molecule has 2 rings (SSSR count). The lowest BCUT2D eigenvalue weighted by Gasteiger charge is -2.07. The maximum atomic E-state index is 11.7. The van der Waals surface area contributed by atoms with Gasteiger partial charge in [-0.1, -0.05) is 35.3 Å². The predicted molar refractivity (Wildman–Crippen MR) is 95.3 cm³/mol. The van der Waals surface area contributed by atoms with Crippen LogP contribution in [0.15, 0.2) is 47.6 Å². The Morgan fingerprint density at radius 2 is 1.96 bits per heavy atom. The van der Waals surface area contributed by atoms with Crippen LogP contribution in [0.2, 0.25) is 10.0 Å². The molecule has 5 nitrogen and oxygen atoms in total. The standard InChI is InChI=1S/C17H16Cl2N2O3/c1-2-23-15-6-4-3-5-12(15)10-20-21-17(22)11-24-16-8-7-13(18)9-14(16)19/h3-10H,2,11H2,1H3,(H,21,22). The Bertz CT molecular complexity index is 736. The van der Waals surface area contributed by atoms with E-state index in [2.05, 4.69) is 10.5 Å². The molecule has 2 aromatic carbocycles. The molecule has 0 radical (unpaired) electrons. The molecule has 0 saturated carbocycles. The van der Waals surface area contributed by atoms with Crippen molar-refractivity contribution in [1.29, 1.82) is 0 Å². The Morgan fingerprint density at radius 1 is 1.17 bits per heavy atom. The second kappa shape index (κ2) is 9.15. The van der Waals surface area contributed by atoms with Crippen LogP contribution in [0.5, 0.6) is 11.5 Å². The molecule has 0 aliphatic heterocycles. The number of ether oxygens (including phenoxy) is 2. The van der Waals surface area contributed by atoms with Crippen molar-refractivity contribution in [1.82, 2.24) is 5.43 Å². The van der Waals surface area contributed by atoms with Crippen molar-refractivity contribution in [3.63, 3.8) is 0 Å². The second-order valence-corrected chi connectivity index (χ2v) is 5.47. The highest BCUT2D eigenvalue weighted by Crippen LogP contribution is 2.27. The molecule has 0 aliphatic carbocycles. The minimum absolute atomic E-state index is 0.216. The van der Waals surface area contributed by atoms with Gasteiger partial charge in [0.05, 0.1) is 17.8 Å². The normalized spacial score (nSPS) is 10.6. The first-order valence-electron chi connectivity index (χ1n) is 7.21. The summed E-state index contributed by atoms with van der Waals surface area (Å²) in [7, 11) is 0. The number of carbonyl (C=O) groups is 1. The number of hydrogen-bond donors (Lipinski definition) is 1. The third-order valence-electron chi connectivity index (χ3n) is 2.86. The number of amides is 1. The van der Waals surface area contributed by atoms with Crippen molar-refractivity contribution in [2.75, 3.05) is 13.2 Å². The molecule has 0 heterocycles. The molecule has 0 saturated heterocycles. The third kappa shape index (κ3) is 5.44. The third-order valence-corrected chi connectivity index (χ3v) is 3.39. The average Bonchev–Trinajstić information content (AvgIpc) is 2.56. The summed E-state index contributed by atoms with van der Waals surface area (Å²) in [5, 5.41) is 4.73. The van der Waals surface area contributed by atoms with Crippen molar-refractivity contribution in [2.45, 2.75) is 6.92 Å². The molecule has 0 aliphatic rings. The van der Waals surface area contributed by atoms with Gasteiger partial charge in [-0.2, -0.15) is 5.10 Å². The van der Waals surface area contributed by atoms with E-state index in [4.69, 9.17) is 32.7 Å². The van der Waals surface area contributed by atoms with Crippen LogP contribution in [-0.2, 0) is 4.79 Å². The van der Waals surface area contributed by atoms with Crippen molar-refractivity contribution < 1.29 is 14.3 Å². The first-order chi connectivity index (χ1) is 11.6. The second-order valence-electron chi connectivity index (χ2n) is 4.63. The topological polar surface area (TPSA) is 59.9 Å². The highest BCUT2D eigenvalue weighted by atomic mass is 35.5. The van der Waals surface area contributed by atoms with Gasteiger partial charge in [0.25, 0.3) is 5.91 Å². The summed E-state index contributed by atoms with van der Waals surface area (Å²) in [6, 6.07) is 12.2. The smallest absolute Gasteiger partial charge is 0.277 e. The largest absolute Gasteiger partial charge is 0.493 e. The summed E-state index contributed by atoms with van der Waals surface area (Å²) in [6.07, 6.45) is 1.51. The number of hydrogen-bond acceptors (Lipinski definition) is 4. The number of para-hydroxylation sites is 1. The van der Waals surface area contributed by atoms with Crippen LogP contribution in [0.1, 0.15) is 12.5 Å². The molecule has 0 atom stereocenters. The molecule has 1 N–H and O–H groups in total. The number of rotatable bonds is 7. The Hall–Kier alpha value is -2.24. The number of halogens is 2. The summed E-state index contributed by atoms with van der Waals surface area (Å²) in [5.41, 5.74) is 3.15. The zero-order valence-electron chi connectivity index (χ0n) is 13.0. The minimum atomic E-state index is -0.411.